The van der Waals surface area contributed by atoms with Gasteiger partial charge in [-0.2, -0.15) is 0 Å². The first-order valence-corrected chi connectivity index (χ1v) is 8.06. The topological polar surface area (TPSA) is 29.5 Å². The second-order valence-electron chi connectivity index (χ2n) is 4.85. The van der Waals surface area contributed by atoms with Gasteiger partial charge in [0.1, 0.15) is 5.75 Å². The van der Waals surface area contributed by atoms with E-state index in [0.717, 1.165) is 49.0 Å². The van der Waals surface area contributed by atoms with E-state index in [1.807, 2.05) is 23.1 Å². The average Bonchev–Trinajstić information content (AvgIpc) is 2.46. The Morgan fingerprint density at radius 2 is 1.80 bits per heavy atom. The van der Waals surface area contributed by atoms with Gasteiger partial charge in [0, 0.05) is 18.7 Å². The summed E-state index contributed by atoms with van der Waals surface area (Å²) in [5, 5.41) is 0. The quantitative estimate of drug-likeness (QED) is 0.696. The van der Waals surface area contributed by atoms with E-state index in [1.165, 1.54) is 0 Å². The standard InChI is InChI=1S/C16H24BrNO2/c1-4-6-10-18(11-7-5-2)16(19)13-8-9-15(20-3)14(17)12-13/h8-9,12H,4-7,10-11H2,1-3H3. The Balaban J connectivity index is 2.84. The van der Waals surface area contributed by atoms with Gasteiger partial charge in [0.2, 0.25) is 0 Å². The molecular weight excluding hydrogens is 318 g/mol. The van der Waals surface area contributed by atoms with Crippen LogP contribution in [0.5, 0.6) is 5.75 Å². The van der Waals surface area contributed by atoms with Crippen molar-refractivity contribution in [2.45, 2.75) is 39.5 Å². The van der Waals surface area contributed by atoms with Gasteiger partial charge in [-0.1, -0.05) is 26.7 Å². The molecule has 0 saturated heterocycles. The Kier molecular flexibility index (Phi) is 7.67. The minimum absolute atomic E-state index is 0.107. The van der Waals surface area contributed by atoms with Gasteiger partial charge in [0.15, 0.2) is 0 Å². The molecule has 0 aliphatic carbocycles. The van der Waals surface area contributed by atoms with Gasteiger partial charge in [-0.15, -0.1) is 0 Å². The molecule has 0 unspecified atom stereocenters. The lowest BCUT2D eigenvalue weighted by Crippen LogP contribution is -2.32. The largest absolute Gasteiger partial charge is 0.496 e. The number of carbonyl (C=O) groups excluding carboxylic acids is 1. The second-order valence-corrected chi connectivity index (χ2v) is 5.70. The van der Waals surface area contributed by atoms with Crippen LogP contribution in [0.4, 0.5) is 0 Å². The average molecular weight is 342 g/mol. The number of halogens is 1. The number of hydrogen-bond donors (Lipinski definition) is 0. The van der Waals surface area contributed by atoms with Crippen molar-refractivity contribution in [3.63, 3.8) is 0 Å². The summed E-state index contributed by atoms with van der Waals surface area (Å²) in [6.45, 7) is 5.96. The molecule has 1 amide bonds. The summed E-state index contributed by atoms with van der Waals surface area (Å²) < 4.78 is 6.01. The van der Waals surface area contributed by atoms with Crippen molar-refractivity contribution >= 4 is 21.8 Å². The number of methoxy groups -OCH3 is 1. The molecule has 112 valence electrons. The van der Waals surface area contributed by atoms with Crippen molar-refractivity contribution in [3.8, 4) is 5.75 Å². The number of ether oxygens (including phenoxy) is 1. The normalized spacial score (nSPS) is 10.4. The van der Waals surface area contributed by atoms with Crippen LogP contribution in [-0.2, 0) is 0 Å². The van der Waals surface area contributed by atoms with Gasteiger partial charge >= 0.3 is 0 Å². The third-order valence-electron chi connectivity index (χ3n) is 3.25. The molecule has 4 heteroatoms. The van der Waals surface area contributed by atoms with E-state index in [-0.39, 0.29) is 5.91 Å². The molecule has 1 aromatic carbocycles. The van der Waals surface area contributed by atoms with Crippen molar-refractivity contribution in [1.82, 2.24) is 4.90 Å². The molecule has 0 aliphatic rings. The number of unbranched alkanes of at least 4 members (excludes halogenated alkanes) is 2. The zero-order valence-corrected chi connectivity index (χ0v) is 14.2. The van der Waals surface area contributed by atoms with Gasteiger partial charge in [-0.25, -0.2) is 0 Å². The van der Waals surface area contributed by atoms with Crippen LogP contribution in [0.15, 0.2) is 22.7 Å². The maximum Gasteiger partial charge on any atom is 0.253 e. The van der Waals surface area contributed by atoms with Crippen LogP contribution in [0, 0.1) is 0 Å². The summed E-state index contributed by atoms with van der Waals surface area (Å²) in [5.41, 5.74) is 0.713. The van der Waals surface area contributed by atoms with Crippen LogP contribution in [-0.4, -0.2) is 31.0 Å². The number of amides is 1. The number of carbonyl (C=O) groups is 1. The highest BCUT2D eigenvalue weighted by molar-refractivity contribution is 9.10. The Morgan fingerprint density at radius 1 is 1.20 bits per heavy atom. The smallest absolute Gasteiger partial charge is 0.253 e. The summed E-state index contributed by atoms with van der Waals surface area (Å²) in [6.07, 6.45) is 4.30. The van der Waals surface area contributed by atoms with Crippen molar-refractivity contribution < 1.29 is 9.53 Å². The van der Waals surface area contributed by atoms with Gasteiger partial charge in [0.25, 0.3) is 5.91 Å². The molecule has 0 N–H and O–H groups in total. The number of benzene rings is 1. The van der Waals surface area contributed by atoms with Gasteiger partial charge in [-0.3, -0.25) is 4.79 Å². The second kappa shape index (κ2) is 9.01. The molecule has 0 bridgehead atoms. The predicted octanol–water partition coefficient (Wildman–Crippen LogP) is 4.50. The first-order chi connectivity index (χ1) is 9.63. The molecule has 0 spiro atoms. The van der Waals surface area contributed by atoms with E-state index in [1.54, 1.807) is 7.11 Å². The van der Waals surface area contributed by atoms with Crippen LogP contribution in [0.2, 0.25) is 0 Å². The maximum absolute atomic E-state index is 12.6. The lowest BCUT2D eigenvalue weighted by atomic mass is 10.1. The summed E-state index contributed by atoms with van der Waals surface area (Å²) in [6, 6.07) is 5.50. The molecule has 0 aliphatic heterocycles. The SMILES string of the molecule is CCCCN(CCCC)C(=O)c1ccc(OC)c(Br)c1. The van der Waals surface area contributed by atoms with Gasteiger partial charge in [0.05, 0.1) is 11.6 Å². The lowest BCUT2D eigenvalue weighted by Gasteiger charge is -2.22. The van der Waals surface area contributed by atoms with Crippen molar-refractivity contribution in [2.24, 2.45) is 0 Å². The molecule has 1 rings (SSSR count). The van der Waals surface area contributed by atoms with E-state index in [4.69, 9.17) is 4.74 Å². The monoisotopic (exact) mass is 341 g/mol. The fourth-order valence-corrected chi connectivity index (χ4v) is 2.54. The summed E-state index contributed by atoms with van der Waals surface area (Å²) in [7, 11) is 1.62. The number of hydrogen-bond acceptors (Lipinski definition) is 2. The minimum Gasteiger partial charge on any atom is -0.496 e. The fourth-order valence-electron chi connectivity index (χ4n) is 1.99. The van der Waals surface area contributed by atoms with Crippen LogP contribution < -0.4 is 4.74 Å². The molecule has 20 heavy (non-hydrogen) atoms. The van der Waals surface area contributed by atoms with E-state index < -0.39 is 0 Å². The van der Waals surface area contributed by atoms with Crippen LogP contribution in [0.25, 0.3) is 0 Å². The highest BCUT2D eigenvalue weighted by Gasteiger charge is 2.16. The van der Waals surface area contributed by atoms with Crippen LogP contribution >= 0.6 is 15.9 Å². The molecule has 3 nitrogen and oxygen atoms in total. The summed E-state index contributed by atoms with van der Waals surface area (Å²) in [5.74, 6) is 0.852. The Labute approximate surface area is 130 Å². The van der Waals surface area contributed by atoms with E-state index >= 15 is 0 Å². The van der Waals surface area contributed by atoms with Crippen LogP contribution in [0.1, 0.15) is 49.9 Å². The molecule has 0 atom stereocenters. The van der Waals surface area contributed by atoms with Gasteiger partial charge < -0.3 is 9.64 Å². The molecule has 0 saturated carbocycles. The fraction of sp³-hybridized carbons (Fsp3) is 0.562. The Morgan fingerprint density at radius 3 is 2.25 bits per heavy atom. The molecule has 0 aromatic heterocycles. The molecular formula is C16H24BrNO2. The Hall–Kier alpha value is -1.03. The minimum atomic E-state index is 0.107. The van der Waals surface area contributed by atoms with Crippen LogP contribution in [0.3, 0.4) is 0 Å². The predicted molar refractivity (Wildman–Crippen MR) is 86.4 cm³/mol. The molecule has 0 heterocycles. The summed E-state index contributed by atoms with van der Waals surface area (Å²) in [4.78, 5) is 14.5. The third kappa shape index (κ3) is 4.82. The van der Waals surface area contributed by atoms with Crippen molar-refractivity contribution in [3.05, 3.63) is 28.2 Å². The zero-order valence-electron chi connectivity index (χ0n) is 12.6. The third-order valence-corrected chi connectivity index (χ3v) is 3.87. The highest BCUT2D eigenvalue weighted by Crippen LogP contribution is 2.26. The first kappa shape index (κ1) is 17.0. The Bertz CT molecular complexity index is 426. The molecule has 0 radical (unpaired) electrons. The van der Waals surface area contributed by atoms with E-state index in [2.05, 4.69) is 29.8 Å². The number of nitrogens with zero attached hydrogens (tertiary/aromatic N) is 1. The first-order valence-electron chi connectivity index (χ1n) is 7.26. The van der Waals surface area contributed by atoms with Crippen molar-refractivity contribution in [2.75, 3.05) is 20.2 Å². The summed E-state index contributed by atoms with van der Waals surface area (Å²) >= 11 is 3.43. The van der Waals surface area contributed by atoms with Crippen molar-refractivity contribution in [1.29, 1.82) is 0 Å². The molecule has 1 aromatic rings. The lowest BCUT2D eigenvalue weighted by molar-refractivity contribution is 0.0751. The molecule has 0 fully saturated rings. The number of rotatable bonds is 8. The van der Waals surface area contributed by atoms with E-state index in [9.17, 15) is 4.79 Å². The van der Waals surface area contributed by atoms with Gasteiger partial charge in [-0.05, 0) is 47.0 Å². The zero-order chi connectivity index (χ0) is 15.0. The van der Waals surface area contributed by atoms with E-state index in [0.29, 0.717) is 5.56 Å². The highest BCUT2D eigenvalue weighted by atomic mass is 79.9. The maximum atomic E-state index is 12.6.